The molecule has 2 rings (SSSR count). The number of fused-ring (bicyclic) bond motifs is 1. The zero-order valence-electron chi connectivity index (χ0n) is 11.8. The second kappa shape index (κ2) is 5.94. The highest BCUT2D eigenvalue weighted by Gasteiger charge is 2.28. The number of benzene rings is 1. The van der Waals surface area contributed by atoms with Gasteiger partial charge in [0.1, 0.15) is 6.04 Å². The zero-order valence-corrected chi connectivity index (χ0v) is 11.8. The number of urea groups is 1. The Balaban J connectivity index is 2.07. The van der Waals surface area contributed by atoms with Crippen molar-refractivity contribution in [2.45, 2.75) is 32.7 Å². The number of carboxylic acids is 1. The summed E-state index contributed by atoms with van der Waals surface area (Å²) in [6, 6.07) is 6.54. The van der Waals surface area contributed by atoms with Gasteiger partial charge in [-0.25, -0.2) is 9.59 Å². The Morgan fingerprint density at radius 1 is 1.35 bits per heavy atom. The molecular weight excluding hydrogens is 256 g/mol. The number of nitrogens with zero attached hydrogens (tertiary/aromatic N) is 1. The fourth-order valence-electron chi connectivity index (χ4n) is 2.47. The van der Waals surface area contributed by atoms with E-state index in [4.69, 9.17) is 0 Å². The molecule has 0 fully saturated rings. The van der Waals surface area contributed by atoms with Gasteiger partial charge in [-0.15, -0.1) is 0 Å². The highest BCUT2D eigenvalue weighted by Crippen LogP contribution is 2.27. The van der Waals surface area contributed by atoms with E-state index in [1.165, 1.54) is 0 Å². The maximum atomic E-state index is 12.3. The Morgan fingerprint density at radius 3 is 2.70 bits per heavy atom. The van der Waals surface area contributed by atoms with Gasteiger partial charge >= 0.3 is 12.0 Å². The molecule has 0 saturated heterocycles. The number of anilines is 1. The Bertz CT molecular complexity index is 514. The van der Waals surface area contributed by atoms with Crippen molar-refractivity contribution in [3.63, 3.8) is 0 Å². The van der Waals surface area contributed by atoms with E-state index in [0.717, 1.165) is 17.7 Å². The van der Waals surface area contributed by atoms with Crippen molar-refractivity contribution in [1.29, 1.82) is 0 Å². The third-order valence-electron chi connectivity index (χ3n) is 3.44. The minimum absolute atomic E-state index is 0.210. The van der Waals surface area contributed by atoms with E-state index < -0.39 is 12.0 Å². The first-order valence-electron chi connectivity index (χ1n) is 6.87. The summed E-state index contributed by atoms with van der Waals surface area (Å²) in [5.74, 6) is -0.776. The number of rotatable bonds is 4. The van der Waals surface area contributed by atoms with Crippen molar-refractivity contribution in [2.75, 3.05) is 11.4 Å². The van der Waals surface area contributed by atoms with Crippen LogP contribution in [0.15, 0.2) is 24.3 Å². The number of para-hydroxylation sites is 1. The van der Waals surface area contributed by atoms with E-state index in [-0.39, 0.29) is 11.9 Å². The highest BCUT2D eigenvalue weighted by atomic mass is 16.4. The Hall–Kier alpha value is -2.04. The van der Waals surface area contributed by atoms with Gasteiger partial charge < -0.3 is 10.4 Å². The van der Waals surface area contributed by atoms with E-state index in [0.29, 0.717) is 13.0 Å². The molecule has 0 aliphatic carbocycles. The van der Waals surface area contributed by atoms with E-state index in [1.807, 2.05) is 38.1 Å². The molecule has 2 amide bonds. The van der Waals surface area contributed by atoms with Crippen LogP contribution in [-0.4, -0.2) is 29.7 Å². The fraction of sp³-hybridized carbons (Fsp3) is 0.467. The molecule has 20 heavy (non-hydrogen) atoms. The monoisotopic (exact) mass is 276 g/mol. The predicted molar refractivity (Wildman–Crippen MR) is 76.9 cm³/mol. The fourth-order valence-corrected chi connectivity index (χ4v) is 2.47. The normalized spacial score (nSPS) is 15.1. The van der Waals surface area contributed by atoms with Crippen LogP contribution in [0.25, 0.3) is 0 Å². The lowest BCUT2D eigenvalue weighted by Gasteiger charge is -2.22. The molecule has 0 spiro atoms. The van der Waals surface area contributed by atoms with Crippen LogP contribution in [0.1, 0.15) is 25.8 Å². The molecule has 108 valence electrons. The molecule has 0 radical (unpaired) electrons. The van der Waals surface area contributed by atoms with Gasteiger partial charge in [-0.2, -0.15) is 0 Å². The van der Waals surface area contributed by atoms with Gasteiger partial charge in [0.15, 0.2) is 0 Å². The lowest BCUT2D eigenvalue weighted by Crippen LogP contribution is -2.48. The van der Waals surface area contributed by atoms with Crippen LogP contribution < -0.4 is 10.2 Å². The Morgan fingerprint density at radius 2 is 2.05 bits per heavy atom. The quantitative estimate of drug-likeness (QED) is 0.886. The summed E-state index contributed by atoms with van der Waals surface area (Å²) in [5.41, 5.74) is 2.00. The summed E-state index contributed by atoms with van der Waals surface area (Å²) in [5, 5.41) is 11.8. The van der Waals surface area contributed by atoms with Crippen molar-refractivity contribution >= 4 is 17.7 Å². The van der Waals surface area contributed by atoms with E-state index in [2.05, 4.69) is 5.32 Å². The largest absolute Gasteiger partial charge is 0.480 e. The summed E-state index contributed by atoms with van der Waals surface area (Å²) >= 11 is 0. The summed E-state index contributed by atoms with van der Waals surface area (Å²) in [4.78, 5) is 25.1. The smallest absolute Gasteiger partial charge is 0.326 e. The standard InChI is InChI=1S/C15H20N2O3/c1-10(2)9-12(14(18)19)16-15(20)17-8-7-11-5-3-4-6-13(11)17/h3-6,10,12H,7-9H2,1-2H3,(H,16,20)(H,18,19)/t12-/m0/s1. The molecule has 1 aromatic rings. The summed E-state index contributed by atoms with van der Waals surface area (Å²) < 4.78 is 0. The van der Waals surface area contributed by atoms with Crippen molar-refractivity contribution in [3.05, 3.63) is 29.8 Å². The lowest BCUT2D eigenvalue weighted by atomic mass is 10.0. The number of aliphatic carboxylic acids is 1. The molecule has 1 heterocycles. The number of nitrogens with one attached hydrogen (secondary N) is 1. The van der Waals surface area contributed by atoms with Crippen molar-refractivity contribution < 1.29 is 14.7 Å². The van der Waals surface area contributed by atoms with Crippen LogP contribution in [0, 0.1) is 5.92 Å². The van der Waals surface area contributed by atoms with Gasteiger partial charge in [-0.05, 0) is 30.4 Å². The summed E-state index contributed by atoms with van der Waals surface area (Å²) in [6.07, 6.45) is 1.24. The SMILES string of the molecule is CC(C)C[C@H](NC(=O)N1CCc2ccccc21)C(=O)O. The third kappa shape index (κ3) is 3.10. The average Bonchev–Trinajstić information content (AvgIpc) is 2.81. The first kappa shape index (κ1) is 14.4. The number of carbonyl (C=O) groups is 2. The minimum atomic E-state index is -0.987. The second-order valence-electron chi connectivity index (χ2n) is 5.50. The number of amides is 2. The molecule has 0 aromatic heterocycles. The molecule has 5 heteroatoms. The van der Waals surface area contributed by atoms with Gasteiger partial charge in [0.25, 0.3) is 0 Å². The number of hydrogen-bond acceptors (Lipinski definition) is 2. The van der Waals surface area contributed by atoms with Gasteiger partial charge in [-0.1, -0.05) is 32.0 Å². The number of carbonyl (C=O) groups excluding carboxylic acids is 1. The molecule has 1 aromatic carbocycles. The summed E-state index contributed by atoms with van der Waals surface area (Å²) in [7, 11) is 0. The van der Waals surface area contributed by atoms with E-state index >= 15 is 0 Å². The molecule has 1 aliphatic rings. The van der Waals surface area contributed by atoms with Crippen LogP contribution in [0.5, 0.6) is 0 Å². The van der Waals surface area contributed by atoms with Gasteiger partial charge in [-0.3, -0.25) is 4.90 Å². The highest BCUT2D eigenvalue weighted by molar-refractivity contribution is 5.96. The average molecular weight is 276 g/mol. The van der Waals surface area contributed by atoms with Gasteiger partial charge in [0.2, 0.25) is 0 Å². The summed E-state index contributed by atoms with van der Waals surface area (Å²) in [6.45, 7) is 4.47. The molecule has 5 nitrogen and oxygen atoms in total. The Labute approximate surface area is 118 Å². The van der Waals surface area contributed by atoms with Crippen molar-refractivity contribution in [3.8, 4) is 0 Å². The van der Waals surface area contributed by atoms with Crippen LogP contribution in [0.3, 0.4) is 0 Å². The van der Waals surface area contributed by atoms with Crippen LogP contribution in [0.2, 0.25) is 0 Å². The van der Waals surface area contributed by atoms with E-state index in [1.54, 1.807) is 4.90 Å². The van der Waals surface area contributed by atoms with Gasteiger partial charge in [0, 0.05) is 12.2 Å². The first-order chi connectivity index (χ1) is 9.49. The van der Waals surface area contributed by atoms with Crippen LogP contribution >= 0.6 is 0 Å². The third-order valence-corrected chi connectivity index (χ3v) is 3.44. The molecular formula is C15H20N2O3. The Kier molecular flexibility index (Phi) is 4.27. The lowest BCUT2D eigenvalue weighted by molar-refractivity contribution is -0.139. The topological polar surface area (TPSA) is 69.6 Å². The van der Waals surface area contributed by atoms with Crippen molar-refractivity contribution in [1.82, 2.24) is 5.32 Å². The molecule has 0 bridgehead atoms. The number of hydrogen-bond donors (Lipinski definition) is 2. The molecule has 2 N–H and O–H groups in total. The van der Waals surface area contributed by atoms with Crippen molar-refractivity contribution in [2.24, 2.45) is 5.92 Å². The number of carboxylic acid groups (broad SMARTS) is 1. The molecule has 1 atom stereocenters. The predicted octanol–water partition coefficient (Wildman–Crippen LogP) is 2.26. The molecule has 0 saturated carbocycles. The van der Waals surface area contributed by atoms with E-state index in [9.17, 15) is 14.7 Å². The maximum absolute atomic E-state index is 12.3. The van der Waals surface area contributed by atoms with Crippen LogP contribution in [0.4, 0.5) is 10.5 Å². The second-order valence-corrected chi connectivity index (χ2v) is 5.50. The van der Waals surface area contributed by atoms with Crippen LogP contribution in [-0.2, 0) is 11.2 Å². The zero-order chi connectivity index (χ0) is 14.7. The first-order valence-corrected chi connectivity index (χ1v) is 6.87. The molecule has 0 unspecified atom stereocenters. The molecule has 1 aliphatic heterocycles. The maximum Gasteiger partial charge on any atom is 0.326 e. The van der Waals surface area contributed by atoms with Gasteiger partial charge in [0.05, 0.1) is 0 Å². The minimum Gasteiger partial charge on any atom is -0.480 e.